The molecule has 0 spiro atoms. The molecule has 0 bridgehead atoms. The molecule has 11 heteroatoms. The zero-order valence-electron chi connectivity index (χ0n) is 10.2. The Kier molecular flexibility index (Phi) is 4.63. The first-order valence-electron chi connectivity index (χ1n) is 5.28. The van der Waals surface area contributed by atoms with Crippen molar-refractivity contribution in [1.82, 2.24) is 9.97 Å². The zero-order valence-corrected chi connectivity index (χ0v) is 12.7. The van der Waals surface area contributed by atoms with Gasteiger partial charge in [-0.3, -0.25) is 0 Å². The summed E-state index contributed by atoms with van der Waals surface area (Å²) in [5.41, 5.74) is 0. The Balaban J connectivity index is 2.09. The van der Waals surface area contributed by atoms with Crippen LogP contribution in [0.15, 0.2) is 48.8 Å². The molecule has 0 aromatic carbocycles. The van der Waals surface area contributed by atoms with E-state index in [-0.39, 0.29) is 11.8 Å². The first-order valence-corrected chi connectivity index (χ1v) is 9.45. The molecule has 2 heterocycles. The summed E-state index contributed by atoms with van der Waals surface area (Å²) in [4.78, 5) is 7.15. The van der Waals surface area contributed by atoms with Crippen molar-refractivity contribution in [3.63, 3.8) is 0 Å². The summed E-state index contributed by atoms with van der Waals surface area (Å²) in [6, 6.07) is 8.43. The Morgan fingerprint density at radius 3 is 1.48 bits per heavy atom. The van der Waals surface area contributed by atoms with Gasteiger partial charge < -0.3 is 0 Å². The summed E-state index contributed by atoms with van der Waals surface area (Å²) >= 11 is -11.4. The Morgan fingerprint density at radius 2 is 1.14 bits per heavy atom. The molecule has 2 rings (SSSR count). The number of hydrogen-bond acceptors (Lipinski definition) is 9. The van der Waals surface area contributed by atoms with Gasteiger partial charge in [0.05, 0.1) is 0 Å². The number of rotatable bonds is 6. The van der Waals surface area contributed by atoms with Crippen LogP contribution in [0.2, 0.25) is 0 Å². The molecule has 0 aliphatic carbocycles. The monoisotopic (exact) mass is 372 g/mol. The zero-order chi connectivity index (χ0) is 15.3. The average molecular weight is 372 g/mol. The summed E-state index contributed by atoms with van der Waals surface area (Å²) in [6.07, 6.45) is 2.54. The van der Waals surface area contributed by atoms with Crippen LogP contribution in [0.4, 0.5) is 0 Å². The molecule has 9 nitrogen and oxygen atoms in total. The van der Waals surface area contributed by atoms with Crippen LogP contribution in [-0.2, 0) is 45.3 Å². The van der Waals surface area contributed by atoms with Crippen LogP contribution in [0.25, 0.3) is 0 Å². The van der Waals surface area contributed by atoms with Gasteiger partial charge in [0.15, 0.2) is 0 Å². The summed E-state index contributed by atoms with van der Waals surface area (Å²) in [6.45, 7) is 0. The fraction of sp³-hybridized carbons (Fsp3) is 0. The second-order valence-electron chi connectivity index (χ2n) is 3.39. The molecular formula is C10H8Cr2N2O7. The predicted molar refractivity (Wildman–Crippen MR) is 53.6 cm³/mol. The second-order valence-corrected chi connectivity index (χ2v) is 7.55. The van der Waals surface area contributed by atoms with Crippen LogP contribution in [0.3, 0.4) is 0 Å². The van der Waals surface area contributed by atoms with Crippen molar-refractivity contribution in [2.45, 2.75) is 0 Å². The van der Waals surface area contributed by atoms with Gasteiger partial charge in [-0.25, -0.2) is 0 Å². The summed E-state index contributed by atoms with van der Waals surface area (Å²) in [7, 11) is 0. The Hall–Kier alpha value is -1.88. The van der Waals surface area contributed by atoms with Gasteiger partial charge in [0.1, 0.15) is 0 Å². The normalized spacial score (nSPS) is 11.8. The molecule has 2 aromatic heterocycles. The number of aromatic nitrogens is 2. The van der Waals surface area contributed by atoms with E-state index in [4.69, 9.17) is 0 Å². The van der Waals surface area contributed by atoms with E-state index < -0.39 is 27.2 Å². The van der Waals surface area contributed by atoms with Crippen molar-refractivity contribution in [2.75, 3.05) is 0 Å². The first kappa shape index (κ1) is 15.5. The fourth-order valence-electron chi connectivity index (χ4n) is 1.13. The Bertz CT molecular complexity index is 722. The molecule has 0 aliphatic heterocycles. The topological polar surface area (TPSA) is 122 Å². The fourth-order valence-corrected chi connectivity index (χ4v) is 4.17. The molecule has 0 aliphatic rings. The van der Waals surface area contributed by atoms with E-state index in [0.29, 0.717) is 0 Å². The van der Waals surface area contributed by atoms with Gasteiger partial charge in [0.2, 0.25) is 0 Å². The minimum atomic E-state index is -5.70. The SMILES string of the molecule is [O]=[Cr](=[O])([O]c1ccccn1)[O][Cr](=[O])(=[O])[O]c1ccccn1. The molecule has 0 unspecified atom stereocenters. The van der Waals surface area contributed by atoms with E-state index in [1.807, 2.05) is 0 Å². The molecule has 21 heavy (non-hydrogen) atoms. The summed E-state index contributed by atoms with van der Waals surface area (Å²) < 4.78 is 59.0. The van der Waals surface area contributed by atoms with E-state index in [0.717, 1.165) is 0 Å². The van der Waals surface area contributed by atoms with Crippen LogP contribution in [0, 0.1) is 0 Å². The second kappa shape index (κ2) is 6.27. The summed E-state index contributed by atoms with van der Waals surface area (Å²) in [5.74, 6) is -0.624. The van der Waals surface area contributed by atoms with Crippen LogP contribution < -0.4 is 7.58 Å². The van der Waals surface area contributed by atoms with Crippen molar-refractivity contribution >= 4 is 0 Å². The van der Waals surface area contributed by atoms with Gasteiger partial charge in [-0.2, -0.15) is 0 Å². The molecule has 0 radical (unpaired) electrons. The Labute approximate surface area is 123 Å². The molecule has 2 aromatic rings. The van der Waals surface area contributed by atoms with Crippen molar-refractivity contribution in [3.8, 4) is 11.8 Å². The third kappa shape index (κ3) is 5.19. The molecule has 0 N–H and O–H groups in total. The van der Waals surface area contributed by atoms with Crippen molar-refractivity contribution in [3.05, 3.63) is 48.8 Å². The molecule has 0 atom stereocenters. The third-order valence-electron chi connectivity index (χ3n) is 1.82. The van der Waals surface area contributed by atoms with Crippen LogP contribution >= 0.6 is 0 Å². The molecular weight excluding hydrogens is 364 g/mol. The quantitative estimate of drug-likeness (QED) is 0.738. The van der Waals surface area contributed by atoms with E-state index in [1.54, 1.807) is 0 Å². The van der Waals surface area contributed by atoms with Crippen molar-refractivity contribution < 1.29 is 52.9 Å². The maximum atomic E-state index is 11.5. The van der Waals surface area contributed by atoms with E-state index in [2.05, 4.69) is 20.4 Å². The average Bonchev–Trinajstić information content (AvgIpc) is 2.38. The summed E-state index contributed by atoms with van der Waals surface area (Å²) in [5, 5.41) is 0. The molecule has 0 saturated heterocycles. The maximum absolute atomic E-state index is 11.5. The molecule has 112 valence electrons. The van der Waals surface area contributed by atoms with Gasteiger partial charge in [-0.05, 0) is 0 Å². The number of hydrogen-bond donors (Lipinski definition) is 0. The van der Waals surface area contributed by atoms with E-state index >= 15 is 0 Å². The van der Waals surface area contributed by atoms with Crippen LogP contribution in [-0.4, -0.2) is 9.97 Å². The molecule has 0 amide bonds. The molecule has 0 fully saturated rings. The van der Waals surface area contributed by atoms with E-state index in [9.17, 15) is 15.2 Å². The molecule has 0 saturated carbocycles. The van der Waals surface area contributed by atoms with Crippen molar-refractivity contribution in [2.24, 2.45) is 0 Å². The third-order valence-corrected chi connectivity index (χ3v) is 5.65. The van der Waals surface area contributed by atoms with Crippen LogP contribution in [0.5, 0.6) is 11.8 Å². The minimum absolute atomic E-state index is 0.312. The van der Waals surface area contributed by atoms with Gasteiger partial charge in [0, 0.05) is 0 Å². The number of pyridine rings is 2. The van der Waals surface area contributed by atoms with Gasteiger partial charge >= 0.3 is 123 Å². The van der Waals surface area contributed by atoms with E-state index in [1.165, 1.54) is 48.8 Å². The van der Waals surface area contributed by atoms with Crippen molar-refractivity contribution in [1.29, 1.82) is 0 Å². The van der Waals surface area contributed by atoms with Gasteiger partial charge in [-0.15, -0.1) is 0 Å². The van der Waals surface area contributed by atoms with Gasteiger partial charge in [0.25, 0.3) is 0 Å². The standard InChI is InChI=1S/2C5H5NO.2Cr.5O/c2*7-5-3-1-2-4-6-5;;;;;;;/h2*1-4H,(H,6,7);;;;;;;/q;;2*+1;;;;;/p-2. The predicted octanol–water partition coefficient (Wildman–Crippen LogP) is 1.30. The Morgan fingerprint density at radius 1 is 0.714 bits per heavy atom. The van der Waals surface area contributed by atoms with Gasteiger partial charge in [-0.1, -0.05) is 0 Å². The first-order chi connectivity index (χ1) is 9.86. The number of nitrogens with zero attached hydrogens (tertiary/aromatic N) is 2. The van der Waals surface area contributed by atoms with Crippen LogP contribution in [0.1, 0.15) is 0 Å².